The molecule has 5 nitrogen and oxygen atoms in total. The first kappa shape index (κ1) is 10.3. The van der Waals surface area contributed by atoms with Gasteiger partial charge in [-0.3, -0.25) is 0 Å². The molecular formula is C10H16N4O. The van der Waals surface area contributed by atoms with Gasteiger partial charge in [0.15, 0.2) is 0 Å². The molecule has 0 radical (unpaired) electrons. The number of nitrogens with one attached hydrogen (secondary N) is 1. The Labute approximate surface area is 89.3 Å². The van der Waals surface area contributed by atoms with E-state index >= 15 is 0 Å². The van der Waals surface area contributed by atoms with Crippen molar-refractivity contribution in [3.05, 3.63) is 11.4 Å². The fraction of sp³-hybridized carbons (Fsp3) is 0.700. The van der Waals surface area contributed by atoms with E-state index in [2.05, 4.69) is 20.5 Å². The summed E-state index contributed by atoms with van der Waals surface area (Å²) in [5, 5.41) is 11.2. The van der Waals surface area contributed by atoms with Crippen LogP contribution in [-0.2, 0) is 0 Å². The first-order valence-electron chi connectivity index (χ1n) is 5.31. The summed E-state index contributed by atoms with van der Waals surface area (Å²) in [4.78, 5) is 4.24. The highest BCUT2D eigenvalue weighted by Crippen LogP contribution is 2.10. The maximum absolute atomic E-state index is 5.64. The van der Waals surface area contributed by atoms with E-state index in [1.54, 1.807) is 0 Å². The van der Waals surface area contributed by atoms with Crippen molar-refractivity contribution >= 4 is 0 Å². The van der Waals surface area contributed by atoms with Crippen LogP contribution in [-0.4, -0.2) is 34.4 Å². The summed E-state index contributed by atoms with van der Waals surface area (Å²) >= 11 is 0. The molecule has 2 heterocycles. The molecule has 15 heavy (non-hydrogen) atoms. The van der Waals surface area contributed by atoms with Gasteiger partial charge in [0.2, 0.25) is 0 Å². The second-order valence-corrected chi connectivity index (χ2v) is 3.85. The summed E-state index contributed by atoms with van der Waals surface area (Å²) in [5.74, 6) is 0. The molecule has 0 spiro atoms. The Morgan fingerprint density at radius 2 is 2.13 bits per heavy atom. The lowest BCUT2D eigenvalue weighted by molar-refractivity contribution is 0.151. The number of hydrogen-bond donors (Lipinski definition) is 1. The first-order valence-corrected chi connectivity index (χ1v) is 5.31. The highest BCUT2D eigenvalue weighted by Gasteiger charge is 2.16. The molecule has 0 aromatic carbocycles. The smallest absolute Gasteiger partial charge is 0.336 e. The second-order valence-electron chi connectivity index (χ2n) is 3.85. The van der Waals surface area contributed by atoms with Crippen LogP contribution in [0.5, 0.6) is 6.01 Å². The van der Waals surface area contributed by atoms with E-state index in [0.29, 0.717) is 6.01 Å². The fourth-order valence-corrected chi connectivity index (χ4v) is 1.56. The molecule has 1 aliphatic heterocycles. The molecule has 0 saturated carbocycles. The molecule has 82 valence electrons. The molecule has 1 aromatic heterocycles. The molecule has 1 N–H and O–H groups in total. The molecule has 1 saturated heterocycles. The zero-order chi connectivity index (χ0) is 10.7. The van der Waals surface area contributed by atoms with Crippen LogP contribution < -0.4 is 10.1 Å². The van der Waals surface area contributed by atoms with Crippen molar-refractivity contribution in [2.75, 3.05) is 13.1 Å². The maximum Gasteiger partial charge on any atom is 0.336 e. The second kappa shape index (κ2) is 4.53. The van der Waals surface area contributed by atoms with Crippen LogP contribution in [0.15, 0.2) is 0 Å². The van der Waals surface area contributed by atoms with Crippen molar-refractivity contribution in [1.29, 1.82) is 0 Å². The highest BCUT2D eigenvalue weighted by atomic mass is 16.5. The third-order valence-corrected chi connectivity index (χ3v) is 2.60. The average molecular weight is 208 g/mol. The Morgan fingerprint density at radius 1 is 1.27 bits per heavy atom. The predicted octanol–water partition coefficient (Wildman–Crippen LogP) is 0.619. The molecule has 2 rings (SSSR count). The van der Waals surface area contributed by atoms with Crippen LogP contribution in [0.1, 0.15) is 24.2 Å². The Balaban J connectivity index is 2.00. The Morgan fingerprint density at radius 3 is 2.80 bits per heavy atom. The zero-order valence-electron chi connectivity index (χ0n) is 9.16. The summed E-state index contributed by atoms with van der Waals surface area (Å²) in [6.45, 7) is 5.75. The molecule has 1 aliphatic rings. The van der Waals surface area contributed by atoms with Gasteiger partial charge in [0.05, 0.1) is 11.4 Å². The normalized spacial score (nSPS) is 21.3. The van der Waals surface area contributed by atoms with Gasteiger partial charge in [0.1, 0.15) is 6.10 Å². The minimum absolute atomic E-state index is 0.183. The lowest BCUT2D eigenvalue weighted by Gasteiger charge is -2.22. The standard InChI is InChI=1S/C10H16N4O/c1-7-8(2)13-14-10(12-7)15-9-4-3-5-11-6-9/h9,11H,3-6H2,1-2H3/t9-/m0/s1. The minimum Gasteiger partial charge on any atom is -0.458 e. The van der Waals surface area contributed by atoms with Crippen LogP contribution in [0.4, 0.5) is 0 Å². The average Bonchev–Trinajstić information content (AvgIpc) is 2.25. The van der Waals surface area contributed by atoms with E-state index < -0.39 is 0 Å². The predicted molar refractivity (Wildman–Crippen MR) is 55.8 cm³/mol. The topological polar surface area (TPSA) is 59.9 Å². The molecule has 0 bridgehead atoms. The van der Waals surface area contributed by atoms with Gasteiger partial charge in [-0.1, -0.05) is 5.10 Å². The molecule has 0 amide bonds. The Bertz CT molecular complexity index is 336. The van der Waals surface area contributed by atoms with Gasteiger partial charge in [-0.25, -0.2) is 0 Å². The number of aryl methyl sites for hydroxylation is 2. The van der Waals surface area contributed by atoms with Crippen LogP contribution >= 0.6 is 0 Å². The number of nitrogens with zero attached hydrogens (tertiary/aromatic N) is 3. The van der Waals surface area contributed by atoms with Gasteiger partial charge < -0.3 is 10.1 Å². The summed E-state index contributed by atoms with van der Waals surface area (Å²) in [6.07, 6.45) is 2.38. The van der Waals surface area contributed by atoms with Gasteiger partial charge in [0.25, 0.3) is 0 Å². The number of hydrogen-bond acceptors (Lipinski definition) is 5. The van der Waals surface area contributed by atoms with Crippen molar-refractivity contribution in [2.24, 2.45) is 0 Å². The number of piperidine rings is 1. The molecule has 0 unspecified atom stereocenters. The van der Waals surface area contributed by atoms with Gasteiger partial charge in [-0.2, -0.15) is 4.98 Å². The molecule has 0 aliphatic carbocycles. The number of aromatic nitrogens is 3. The van der Waals surface area contributed by atoms with Gasteiger partial charge in [-0.05, 0) is 33.2 Å². The fourth-order valence-electron chi connectivity index (χ4n) is 1.56. The molecule has 1 atom stereocenters. The molecule has 1 aromatic rings. The monoisotopic (exact) mass is 208 g/mol. The van der Waals surface area contributed by atoms with Crippen LogP contribution in [0, 0.1) is 13.8 Å². The largest absolute Gasteiger partial charge is 0.458 e. The van der Waals surface area contributed by atoms with Crippen molar-refractivity contribution in [2.45, 2.75) is 32.8 Å². The van der Waals surface area contributed by atoms with E-state index in [9.17, 15) is 0 Å². The lowest BCUT2D eigenvalue weighted by atomic mass is 10.1. The summed E-state index contributed by atoms with van der Waals surface area (Å²) in [6, 6.07) is 0.395. The van der Waals surface area contributed by atoms with Crippen LogP contribution in [0.25, 0.3) is 0 Å². The van der Waals surface area contributed by atoms with E-state index in [1.807, 2.05) is 13.8 Å². The van der Waals surface area contributed by atoms with Crippen molar-refractivity contribution < 1.29 is 4.74 Å². The Hall–Kier alpha value is -1.23. The minimum atomic E-state index is 0.183. The van der Waals surface area contributed by atoms with Crippen molar-refractivity contribution in [3.8, 4) is 6.01 Å². The van der Waals surface area contributed by atoms with Crippen LogP contribution in [0.2, 0.25) is 0 Å². The van der Waals surface area contributed by atoms with E-state index in [-0.39, 0.29) is 6.10 Å². The third-order valence-electron chi connectivity index (χ3n) is 2.60. The SMILES string of the molecule is Cc1nnc(O[C@H]2CCCNC2)nc1C. The van der Waals surface area contributed by atoms with E-state index in [1.165, 1.54) is 0 Å². The molecule has 5 heteroatoms. The maximum atomic E-state index is 5.64. The Kier molecular flexibility index (Phi) is 3.11. The van der Waals surface area contributed by atoms with Crippen LogP contribution in [0.3, 0.4) is 0 Å². The zero-order valence-corrected chi connectivity index (χ0v) is 9.16. The number of ether oxygens (including phenoxy) is 1. The third kappa shape index (κ3) is 2.62. The lowest BCUT2D eigenvalue weighted by Crippen LogP contribution is -2.37. The highest BCUT2D eigenvalue weighted by molar-refractivity contribution is 5.07. The van der Waals surface area contributed by atoms with Crippen molar-refractivity contribution in [1.82, 2.24) is 20.5 Å². The molecule has 1 fully saturated rings. The quantitative estimate of drug-likeness (QED) is 0.772. The number of rotatable bonds is 2. The van der Waals surface area contributed by atoms with Gasteiger partial charge >= 0.3 is 6.01 Å². The molecular weight excluding hydrogens is 192 g/mol. The summed E-state index contributed by atoms with van der Waals surface area (Å²) in [5.41, 5.74) is 1.73. The summed E-state index contributed by atoms with van der Waals surface area (Å²) < 4.78 is 5.64. The van der Waals surface area contributed by atoms with Crippen molar-refractivity contribution in [3.63, 3.8) is 0 Å². The van der Waals surface area contributed by atoms with E-state index in [4.69, 9.17) is 4.74 Å². The van der Waals surface area contributed by atoms with Gasteiger partial charge in [0, 0.05) is 6.54 Å². The first-order chi connectivity index (χ1) is 7.25. The van der Waals surface area contributed by atoms with E-state index in [0.717, 1.165) is 37.3 Å². The summed E-state index contributed by atoms with van der Waals surface area (Å²) in [7, 11) is 0. The van der Waals surface area contributed by atoms with Gasteiger partial charge in [-0.15, -0.1) is 5.10 Å².